The first-order valence-electron chi connectivity index (χ1n) is 6.81. The van der Waals surface area contributed by atoms with Crippen molar-refractivity contribution < 1.29 is 4.74 Å². The van der Waals surface area contributed by atoms with E-state index in [-0.39, 0.29) is 5.60 Å². The topological polar surface area (TPSA) is 39.1 Å². The second-order valence-corrected chi connectivity index (χ2v) is 4.88. The van der Waals surface area contributed by atoms with Gasteiger partial charge in [-0.1, -0.05) is 13.8 Å². The largest absolute Gasteiger partial charge is 0.377 e. The van der Waals surface area contributed by atoms with E-state index in [4.69, 9.17) is 4.74 Å². The van der Waals surface area contributed by atoms with Crippen LogP contribution in [0.4, 0.5) is 0 Å². The summed E-state index contributed by atoms with van der Waals surface area (Å²) in [6.07, 6.45) is 8.18. The first-order valence-corrected chi connectivity index (χ1v) is 6.81. The summed E-state index contributed by atoms with van der Waals surface area (Å²) in [4.78, 5) is 0. The van der Waals surface area contributed by atoms with Crippen molar-refractivity contribution >= 4 is 0 Å². The Hall–Kier alpha value is -0.870. The second-order valence-electron chi connectivity index (χ2n) is 4.88. The van der Waals surface area contributed by atoms with Crippen LogP contribution in [-0.4, -0.2) is 35.6 Å². The van der Waals surface area contributed by atoms with Gasteiger partial charge in [-0.15, -0.1) is 0 Å². The fourth-order valence-corrected chi connectivity index (χ4v) is 2.76. The lowest BCUT2D eigenvalue weighted by Gasteiger charge is -2.38. The van der Waals surface area contributed by atoms with Crippen molar-refractivity contribution in [2.75, 3.05) is 14.2 Å². The second kappa shape index (κ2) is 6.90. The maximum absolute atomic E-state index is 5.80. The average Bonchev–Trinajstić information content (AvgIpc) is 2.81. The zero-order chi connectivity index (χ0) is 13.6. The lowest BCUT2D eigenvalue weighted by atomic mass is 9.85. The van der Waals surface area contributed by atoms with Crippen molar-refractivity contribution in [1.82, 2.24) is 15.1 Å². The number of hydrogen-bond donors (Lipinski definition) is 1. The monoisotopic (exact) mass is 253 g/mol. The molecule has 1 aromatic rings. The van der Waals surface area contributed by atoms with Gasteiger partial charge in [0.25, 0.3) is 0 Å². The smallest absolute Gasteiger partial charge is 0.0825 e. The lowest BCUT2D eigenvalue weighted by molar-refractivity contribution is -0.0474. The SMILES string of the molecule is CCC(CC)(OC)C(CCc1cnn(C)c1)NC. The quantitative estimate of drug-likeness (QED) is 0.771. The number of likely N-dealkylation sites (N-methyl/N-ethyl adjacent to an activating group) is 1. The van der Waals surface area contributed by atoms with Gasteiger partial charge in [0.2, 0.25) is 0 Å². The van der Waals surface area contributed by atoms with E-state index in [1.54, 1.807) is 0 Å². The number of aromatic nitrogens is 2. The zero-order valence-corrected chi connectivity index (χ0v) is 12.4. The molecule has 0 saturated carbocycles. The molecule has 0 aromatic carbocycles. The molecule has 0 saturated heterocycles. The Labute approximate surface area is 111 Å². The van der Waals surface area contributed by atoms with Gasteiger partial charge in [-0.3, -0.25) is 4.68 Å². The zero-order valence-electron chi connectivity index (χ0n) is 12.4. The molecule has 0 aliphatic rings. The molecule has 1 unspecified atom stereocenters. The predicted octanol–water partition coefficient (Wildman–Crippen LogP) is 2.15. The fourth-order valence-electron chi connectivity index (χ4n) is 2.76. The van der Waals surface area contributed by atoms with Crippen molar-refractivity contribution in [3.8, 4) is 0 Å². The van der Waals surface area contributed by atoms with Crippen molar-refractivity contribution in [1.29, 1.82) is 0 Å². The number of rotatable bonds is 8. The maximum atomic E-state index is 5.80. The van der Waals surface area contributed by atoms with Crippen molar-refractivity contribution in [2.24, 2.45) is 7.05 Å². The summed E-state index contributed by atoms with van der Waals surface area (Å²) in [5.41, 5.74) is 1.23. The summed E-state index contributed by atoms with van der Waals surface area (Å²) in [7, 11) is 5.80. The Morgan fingerprint density at radius 1 is 1.44 bits per heavy atom. The molecule has 1 atom stereocenters. The molecule has 1 aromatic heterocycles. The third-order valence-corrected chi connectivity index (χ3v) is 4.07. The van der Waals surface area contributed by atoms with Crippen LogP contribution in [0.5, 0.6) is 0 Å². The minimum Gasteiger partial charge on any atom is -0.377 e. The number of aryl methyl sites for hydroxylation is 2. The van der Waals surface area contributed by atoms with E-state index in [9.17, 15) is 0 Å². The van der Waals surface area contributed by atoms with E-state index in [1.807, 2.05) is 32.1 Å². The molecule has 1 heterocycles. The van der Waals surface area contributed by atoms with E-state index >= 15 is 0 Å². The molecule has 0 fully saturated rings. The molecule has 0 aliphatic carbocycles. The van der Waals surface area contributed by atoms with Crippen LogP contribution in [0.2, 0.25) is 0 Å². The molecule has 0 bridgehead atoms. The number of methoxy groups -OCH3 is 1. The van der Waals surface area contributed by atoms with Gasteiger partial charge in [-0.2, -0.15) is 5.10 Å². The van der Waals surface area contributed by atoms with Crippen LogP contribution < -0.4 is 5.32 Å². The molecule has 18 heavy (non-hydrogen) atoms. The van der Waals surface area contributed by atoms with Gasteiger partial charge in [0, 0.05) is 26.4 Å². The highest BCUT2D eigenvalue weighted by Gasteiger charge is 2.34. The molecule has 1 rings (SSSR count). The van der Waals surface area contributed by atoms with Crippen LogP contribution >= 0.6 is 0 Å². The van der Waals surface area contributed by atoms with Crippen LogP contribution in [0.1, 0.15) is 38.7 Å². The highest BCUT2D eigenvalue weighted by molar-refractivity contribution is 5.05. The molecule has 0 radical (unpaired) electrons. The minimum atomic E-state index is -0.0586. The van der Waals surface area contributed by atoms with Gasteiger partial charge < -0.3 is 10.1 Å². The van der Waals surface area contributed by atoms with Gasteiger partial charge in [0.05, 0.1) is 11.8 Å². The summed E-state index contributed by atoms with van der Waals surface area (Å²) < 4.78 is 7.65. The Bertz CT molecular complexity index is 336. The van der Waals surface area contributed by atoms with E-state index in [0.717, 1.165) is 25.7 Å². The van der Waals surface area contributed by atoms with Crippen LogP contribution in [0.3, 0.4) is 0 Å². The number of nitrogens with zero attached hydrogens (tertiary/aromatic N) is 2. The van der Waals surface area contributed by atoms with Crippen molar-refractivity contribution in [3.63, 3.8) is 0 Å². The van der Waals surface area contributed by atoms with Gasteiger partial charge in [-0.05, 0) is 38.3 Å². The summed E-state index contributed by atoms with van der Waals surface area (Å²) in [5.74, 6) is 0. The number of hydrogen-bond acceptors (Lipinski definition) is 3. The van der Waals surface area contributed by atoms with Crippen molar-refractivity contribution in [3.05, 3.63) is 18.0 Å². The average molecular weight is 253 g/mol. The van der Waals surface area contributed by atoms with E-state index in [0.29, 0.717) is 6.04 Å². The maximum Gasteiger partial charge on any atom is 0.0825 e. The van der Waals surface area contributed by atoms with E-state index < -0.39 is 0 Å². The van der Waals surface area contributed by atoms with Crippen LogP contribution in [0.25, 0.3) is 0 Å². The Morgan fingerprint density at radius 2 is 2.11 bits per heavy atom. The number of nitrogens with one attached hydrogen (secondary N) is 1. The standard InChI is InChI=1S/C14H27N3O/c1-6-14(7-2,18-5)13(15-3)9-8-12-10-16-17(4)11-12/h10-11,13,15H,6-9H2,1-5H3. The molecular formula is C14H27N3O. The molecule has 0 aliphatic heterocycles. The first-order chi connectivity index (χ1) is 8.61. The summed E-state index contributed by atoms with van der Waals surface area (Å²) in [6.45, 7) is 4.39. The Balaban J connectivity index is 2.65. The van der Waals surface area contributed by atoms with Gasteiger partial charge in [-0.25, -0.2) is 0 Å². The van der Waals surface area contributed by atoms with Crippen molar-refractivity contribution in [2.45, 2.75) is 51.2 Å². The van der Waals surface area contributed by atoms with E-state index in [1.165, 1.54) is 5.56 Å². The third kappa shape index (κ3) is 3.33. The molecule has 104 valence electrons. The van der Waals surface area contributed by atoms with Gasteiger partial charge in [0.15, 0.2) is 0 Å². The molecule has 0 spiro atoms. The lowest BCUT2D eigenvalue weighted by Crippen LogP contribution is -2.50. The van der Waals surface area contributed by atoms with Crippen LogP contribution in [-0.2, 0) is 18.2 Å². The molecule has 0 amide bonds. The Morgan fingerprint density at radius 3 is 2.50 bits per heavy atom. The number of ether oxygens (including phenoxy) is 1. The van der Waals surface area contributed by atoms with Gasteiger partial charge >= 0.3 is 0 Å². The fraction of sp³-hybridized carbons (Fsp3) is 0.786. The van der Waals surface area contributed by atoms with Gasteiger partial charge in [0.1, 0.15) is 0 Å². The molecule has 4 heteroatoms. The highest BCUT2D eigenvalue weighted by Crippen LogP contribution is 2.26. The summed E-state index contributed by atoms with van der Waals surface area (Å²) >= 11 is 0. The molecule has 1 N–H and O–H groups in total. The van der Waals surface area contributed by atoms with Crippen LogP contribution in [0, 0.1) is 0 Å². The first kappa shape index (κ1) is 15.2. The minimum absolute atomic E-state index is 0.0586. The highest BCUT2D eigenvalue weighted by atomic mass is 16.5. The van der Waals surface area contributed by atoms with E-state index in [2.05, 4.69) is 30.5 Å². The normalized spacial score (nSPS) is 13.8. The van der Waals surface area contributed by atoms with Crippen LogP contribution in [0.15, 0.2) is 12.4 Å². The molecular weight excluding hydrogens is 226 g/mol. The molecule has 4 nitrogen and oxygen atoms in total. The Kier molecular flexibility index (Phi) is 5.82. The summed E-state index contributed by atoms with van der Waals surface area (Å²) in [6, 6.07) is 0.373. The predicted molar refractivity (Wildman–Crippen MR) is 74.7 cm³/mol. The third-order valence-electron chi connectivity index (χ3n) is 4.07. The summed E-state index contributed by atoms with van der Waals surface area (Å²) in [5, 5.41) is 7.63.